The zero-order valence-corrected chi connectivity index (χ0v) is 11.2. The van der Waals surface area contributed by atoms with Crippen LogP contribution in [-0.4, -0.2) is 47.3 Å². The molecule has 0 aromatic heterocycles. The van der Waals surface area contributed by atoms with Gasteiger partial charge in [0, 0.05) is 17.8 Å². The van der Waals surface area contributed by atoms with Gasteiger partial charge in [-0.05, 0) is 25.5 Å². The Morgan fingerprint density at radius 1 is 1.53 bits per heavy atom. The Bertz CT molecular complexity index is 280. The van der Waals surface area contributed by atoms with E-state index >= 15 is 0 Å². The van der Waals surface area contributed by atoms with Crippen LogP contribution in [0.4, 0.5) is 0 Å². The van der Waals surface area contributed by atoms with E-state index in [9.17, 15) is 9.90 Å². The predicted molar refractivity (Wildman–Crippen MR) is 70.1 cm³/mol. The van der Waals surface area contributed by atoms with Gasteiger partial charge in [0.2, 0.25) is 5.91 Å². The van der Waals surface area contributed by atoms with E-state index in [-0.39, 0.29) is 22.8 Å². The zero-order valence-electron chi connectivity index (χ0n) is 10.4. The second-order valence-electron chi connectivity index (χ2n) is 5.16. The highest BCUT2D eigenvalue weighted by molar-refractivity contribution is 8.00. The first kappa shape index (κ1) is 13.2. The number of aliphatic hydroxyl groups excluding tert-OH is 1. The van der Waals surface area contributed by atoms with Gasteiger partial charge in [0.05, 0.1) is 12.1 Å². The molecule has 4 nitrogen and oxygen atoms in total. The second-order valence-corrected chi connectivity index (χ2v) is 6.44. The van der Waals surface area contributed by atoms with Crippen molar-refractivity contribution in [3.8, 4) is 0 Å². The highest BCUT2D eigenvalue weighted by Gasteiger charge is 2.35. The molecule has 98 valence electrons. The number of nitrogens with one attached hydrogen (secondary N) is 2. The summed E-state index contributed by atoms with van der Waals surface area (Å²) in [6, 6.07) is -0.203. The molecule has 2 aliphatic rings. The van der Waals surface area contributed by atoms with Crippen molar-refractivity contribution in [2.75, 3.05) is 19.3 Å². The summed E-state index contributed by atoms with van der Waals surface area (Å²) in [6.45, 7) is 1.30. The average Bonchev–Trinajstić information content (AvgIpc) is 2.95. The Labute approximate surface area is 107 Å². The van der Waals surface area contributed by atoms with E-state index in [0.29, 0.717) is 13.0 Å². The maximum atomic E-state index is 11.9. The molecule has 0 aromatic rings. The Balaban J connectivity index is 1.79. The number of carbonyl (C=O) groups is 1. The van der Waals surface area contributed by atoms with Gasteiger partial charge in [-0.2, -0.15) is 11.8 Å². The first-order valence-electron chi connectivity index (χ1n) is 6.39. The third-order valence-electron chi connectivity index (χ3n) is 3.96. The lowest BCUT2D eigenvalue weighted by molar-refractivity contribution is -0.123. The third kappa shape index (κ3) is 3.14. The smallest absolute Gasteiger partial charge is 0.237 e. The summed E-state index contributed by atoms with van der Waals surface area (Å²) in [5.41, 5.74) is 0. The number of carbonyl (C=O) groups excluding carboxylic acids is 1. The van der Waals surface area contributed by atoms with Crippen LogP contribution in [0.25, 0.3) is 0 Å². The summed E-state index contributed by atoms with van der Waals surface area (Å²) in [6.07, 6.45) is 7.26. The highest BCUT2D eigenvalue weighted by Crippen LogP contribution is 2.39. The van der Waals surface area contributed by atoms with E-state index in [0.717, 1.165) is 6.54 Å². The number of aliphatic hydroxyl groups is 1. The molecule has 2 unspecified atom stereocenters. The Hall–Kier alpha value is -0.260. The predicted octanol–water partition coefficient (Wildman–Crippen LogP) is 0.501. The number of hydrogen-bond donors (Lipinski definition) is 3. The highest BCUT2D eigenvalue weighted by atomic mass is 32.2. The summed E-state index contributed by atoms with van der Waals surface area (Å²) in [5, 5.41) is 15.5. The van der Waals surface area contributed by atoms with Gasteiger partial charge in [0.15, 0.2) is 0 Å². The Kier molecular flexibility index (Phi) is 4.33. The number of hydrogen-bond acceptors (Lipinski definition) is 4. The molecule has 0 aromatic carbocycles. The lowest BCUT2D eigenvalue weighted by Gasteiger charge is -2.27. The average molecular weight is 258 g/mol. The number of β-amino-alcohol motifs (C(OH)–C–C–N with tert-alkyl or cyclic N) is 1. The molecule has 1 saturated heterocycles. The van der Waals surface area contributed by atoms with Crippen LogP contribution >= 0.6 is 11.8 Å². The molecular weight excluding hydrogens is 236 g/mol. The van der Waals surface area contributed by atoms with Crippen molar-refractivity contribution in [2.24, 2.45) is 0 Å². The van der Waals surface area contributed by atoms with Crippen LogP contribution in [0, 0.1) is 0 Å². The van der Waals surface area contributed by atoms with E-state index in [1.54, 1.807) is 0 Å². The van der Waals surface area contributed by atoms with Crippen molar-refractivity contribution < 1.29 is 9.90 Å². The lowest BCUT2D eigenvalue weighted by Crippen LogP contribution is -2.45. The zero-order chi connectivity index (χ0) is 12.3. The Morgan fingerprint density at radius 2 is 2.24 bits per heavy atom. The normalized spacial score (nSPS) is 31.6. The third-order valence-corrected chi connectivity index (χ3v) is 5.38. The topological polar surface area (TPSA) is 61.4 Å². The molecule has 1 amide bonds. The molecule has 3 N–H and O–H groups in total. The molecule has 0 radical (unpaired) electrons. The summed E-state index contributed by atoms with van der Waals surface area (Å²) in [7, 11) is 0. The van der Waals surface area contributed by atoms with Crippen LogP contribution in [0.15, 0.2) is 0 Å². The molecular formula is C12H22N2O2S. The van der Waals surface area contributed by atoms with Crippen LogP contribution in [0.1, 0.15) is 32.1 Å². The minimum atomic E-state index is -0.369. The summed E-state index contributed by atoms with van der Waals surface area (Å²) >= 11 is 1.88. The van der Waals surface area contributed by atoms with Gasteiger partial charge < -0.3 is 15.7 Å². The van der Waals surface area contributed by atoms with Crippen LogP contribution in [-0.2, 0) is 4.79 Å². The van der Waals surface area contributed by atoms with E-state index < -0.39 is 0 Å². The summed E-state index contributed by atoms with van der Waals surface area (Å²) in [5.74, 6) is 0.0434. The molecule has 0 bridgehead atoms. The molecule has 1 saturated carbocycles. The van der Waals surface area contributed by atoms with Crippen molar-refractivity contribution in [2.45, 2.75) is 49.0 Å². The molecule has 2 rings (SSSR count). The summed E-state index contributed by atoms with van der Waals surface area (Å²) in [4.78, 5) is 11.9. The standard InChI is InChI=1S/C12H22N2O2S/c1-17-12(4-2-3-5-12)8-14-11(16)10-6-9(15)7-13-10/h9-10,13,15H,2-8H2,1H3,(H,14,16). The van der Waals surface area contributed by atoms with Gasteiger partial charge in [-0.25, -0.2) is 0 Å². The molecule has 2 atom stereocenters. The van der Waals surface area contributed by atoms with Crippen LogP contribution in [0.2, 0.25) is 0 Å². The maximum absolute atomic E-state index is 11.9. The molecule has 1 aliphatic heterocycles. The van der Waals surface area contributed by atoms with Gasteiger partial charge >= 0.3 is 0 Å². The Morgan fingerprint density at radius 3 is 2.76 bits per heavy atom. The largest absolute Gasteiger partial charge is 0.392 e. The van der Waals surface area contributed by atoms with E-state index in [2.05, 4.69) is 16.9 Å². The van der Waals surface area contributed by atoms with Gasteiger partial charge in [-0.1, -0.05) is 12.8 Å². The van der Waals surface area contributed by atoms with Crippen molar-refractivity contribution in [1.29, 1.82) is 0 Å². The van der Waals surface area contributed by atoms with Crippen LogP contribution < -0.4 is 10.6 Å². The van der Waals surface area contributed by atoms with E-state index in [4.69, 9.17) is 0 Å². The molecule has 1 heterocycles. The first-order chi connectivity index (χ1) is 8.15. The monoisotopic (exact) mass is 258 g/mol. The minimum absolute atomic E-state index is 0.0434. The van der Waals surface area contributed by atoms with E-state index in [1.165, 1.54) is 25.7 Å². The first-order valence-corrected chi connectivity index (χ1v) is 7.62. The van der Waals surface area contributed by atoms with Gasteiger partial charge in [-0.3, -0.25) is 4.79 Å². The van der Waals surface area contributed by atoms with Crippen molar-refractivity contribution >= 4 is 17.7 Å². The van der Waals surface area contributed by atoms with E-state index in [1.807, 2.05) is 11.8 Å². The number of amides is 1. The summed E-state index contributed by atoms with van der Waals surface area (Å²) < 4.78 is 0.257. The van der Waals surface area contributed by atoms with Gasteiger partial charge in [0.25, 0.3) is 0 Å². The molecule has 5 heteroatoms. The number of rotatable bonds is 4. The minimum Gasteiger partial charge on any atom is -0.392 e. The number of thioether (sulfide) groups is 1. The quantitative estimate of drug-likeness (QED) is 0.687. The van der Waals surface area contributed by atoms with Crippen molar-refractivity contribution in [3.63, 3.8) is 0 Å². The van der Waals surface area contributed by atoms with Gasteiger partial charge in [0.1, 0.15) is 0 Å². The fourth-order valence-corrected chi connectivity index (χ4v) is 3.67. The SMILES string of the molecule is CSC1(CNC(=O)C2CC(O)CN2)CCCC1. The molecule has 2 fully saturated rings. The van der Waals surface area contributed by atoms with Gasteiger partial charge in [-0.15, -0.1) is 0 Å². The molecule has 0 spiro atoms. The fourth-order valence-electron chi connectivity index (χ4n) is 2.76. The lowest BCUT2D eigenvalue weighted by atomic mass is 10.1. The van der Waals surface area contributed by atoms with Crippen LogP contribution in [0.5, 0.6) is 0 Å². The van der Waals surface area contributed by atoms with Crippen molar-refractivity contribution in [1.82, 2.24) is 10.6 Å². The van der Waals surface area contributed by atoms with Crippen molar-refractivity contribution in [3.05, 3.63) is 0 Å². The second kappa shape index (κ2) is 5.59. The molecule has 1 aliphatic carbocycles. The maximum Gasteiger partial charge on any atom is 0.237 e. The van der Waals surface area contributed by atoms with Crippen LogP contribution in [0.3, 0.4) is 0 Å². The fraction of sp³-hybridized carbons (Fsp3) is 0.917. The molecule has 17 heavy (non-hydrogen) atoms.